The molecule has 0 spiro atoms. The fraction of sp³-hybridized carbons (Fsp3) is 0.357. The number of ether oxygens (including phenoxy) is 1. The Morgan fingerprint density at radius 2 is 2.16 bits per heavy atom. The molecule has 19 heavy (non-hydrogen) atoms. The van der Waals surface area contributed by atoms with Gasteiger partial charge >= 0.3 is 0 Å². The second-order valence-electron chi connectivity index (χ2n) is 4.28. The van der Waals surface area contributed by atoms with Crippen molar-refractivity contribution in [1.29, 1.82) is 0 Å². The Bertz CT molecular complexity index is 554. The van der Waals surface area contributed by atoms with Crippen LogP contribution in [-0.2, 0) is 4.74 Å². The summed E-state index contributed by atoms with van der Waals surface area (Å²) in [7, 11) is 1.61. The molecule has 102 valence electrons. The first kappa shape index (κ1) is 13.7. The number of aromatic nitrogens is 2. The number of nitrogens with zero attached hydrogens (tertiary/aromatic N) is 2. The molecule has 0 amide bonds. The Labute approximate surface area is 110 Å². The van der Waals surface area contributed by atoms with Crippen molar-refractivity contribution in [3.05, 3.63) is 42.2 Å². The summed E-state index contributed by atoms with van der Waals surface area (Å²) in [5.74, 6) is -1.32. The lowest BCUT2D eigenvalue weighted by molar-refractivity contribution is 0.154. The van der Waals surface area contributed by atoms with Gasteiger partial charge in [-0.25, -0.2) is 13.8 Å². The van der Waals surface area contributed by atoms with Gasteiger partial charge in [0.25, 0.3) is 0 Å². The Hall–Kier alpha value is -1.75. The molecule has 1 aromatic heterocycles. The Balaban J connectivity index is 2.46. The molecule has 0 unspecified atom stereocenters. The van der Waals surface area contributed by atoms with Crippen LogP contribution in [0.1, 0.15) is 19.4 Å². The third kappa shape index (κ3) is 2.66. The molecule has 0 fully saturated rings. The summed E-state index contributed by atoms with van der Waals surface area (Å²) in [5, 5.41) is 0. The first-order valence-corrected chi connectivity index (χ1v) is 6.15. The summed E-state index contributed by atoms with van der Waals surface area (Å²) in [6, 6.07) is 4.14. The highest BCUT2D eigenvalue weighted by Gasteiger charge is 2.18. The van der Waals surface area contributed by atoms with Gasteiger partial charge in [0.05, 0.1) is 18.2 Å². The van der Waals surface area contributed by atoms with E-state index in [-0.39, 0.29) is 11.6 Å². The van der Waals surface area contributed by atoms with Crippen molar-refractivity contribution in [1.82, 2.24) is 9.55 Å². The molecule has 1 heterocycles. The van der Waals surface area contributed by atoms with Crippen LogP contribution in [0, 0.1) is 11.6 Å². The quantitative estimate of drug-likeness (QED) is 0.829. The first-order chi connectivity index (χ1) is 9.19. The van der Waals surface area contributed by atoms with Crippen LogP contribution in [0.5, 0.6) is 0 Å². The third-order valence-electron chi connectivity index (χ3n) is 3.08. The van der Waals surface area contributed by atoms with Gasteiger partial charge in [-0.05, 0) is 18.6 Å². The van der Waals surface area contributed by atoms with Crippen LogP contribution in [0.4, 0.5) is 8.78 Å². The van der Waals surface area contributed by atoms with E-state index in [9.17, 15) is 8.78 Å². The largest absolute Gasteiger partial charge is 0.383 e. The molecule has 1 atom stereocenters. The minimum Gasteiger partial charge on any atom is -0.383 e. The SMILES string of the molecule is CC[C@H](COC)n1ccnc1-c1cccc(F)c1F. The van der Waals surface area contributed by atoms with E-state index in [0.29, 0.717) is 12.4 Å². The van der Waals surface area contributed by atoms with Gasteiger partial charge in [-0.1, -0.05) is 13.0 Å². The summed E-state index contributed by atoms with van der Waals surface area (Å²) in [5.41, 5.74) is 0.166. The maximum atomic E-state index is 13.8. The fourth-order valence-electron chi connectivity index (χ4n) is 2.08. The molecule has 2 rings (SSSR count). The highest BCUT2D eigenvalue weighted by atomic mass is 19.2. The van der Waals surface area contributed by atoms with Crippen molar-refractivity contribution in [2.75, 3.05) is 13.7 Å². The zero-order valence-electron chi connectivity index (χ0n) is 10.9. The minimum absolute atomic E-state index is 0.0465. The van der Waals surface area contributed by atoms with E-state index in [1.54, 1.807) is 19.5 Å². The predicted octanol–water partition coefficient (Wildman–Crippen LogP) is 3.43. The van der Waals surface area contributed by atoms with Gasteiger partial charge in [0, 0.05) is 19.5 Å². The van der Waals surface area contributed by atoms with Crippen LogP contribution in [0.2, 0.25) is 0 Å². The number of methoxy groups -OCH3 is 1. The van der Waals surface area contributed by atoms with Crippen molar-refractivity contribution in [2.24, 2.45) is 0 Å². The van der Waals surface area contributed by atoms with E-state index in [0.717, 1.165) is 12.5 Å². The minimum atomic E-state index is -0.873. The smallest absolute Gasteiger partial charge is 0.169 e. The van der Waals surface area contributed by atoms with E-state index < -0.39 is 11.6 Å². The molecule has 5 heteroatoms. The maximum absolute atomic E-state index is 13.8. The summed E-state index contributed by atoms with van der Waals surface area (Å²) in [6.45, 7) is 2.51. The van der Waals surface area contributed by atoms with Crippen LogP contribution in [-0.4, -0.2) is 23.3 Å². The number of rotatable bonds is 5. The number of benzene rings is 1. The molecule has 1 aromatic carbocycles. The summed E-state index contributed by atoms with van der Waals surface area (Å²) >= 11 is 0. The van der Waals surface area contributed by atoms with Crippen LogP contribution in [0.25, 0.3) is 11.4 Å². The molecule has 0 N–H and O–H groups in total. The van der Waals surface area contributed by atoms with E-state index in [2.05, 4.69) is 4.98 Å². The van der Waals surface area contributed by atoms with Gasteiger partial charge < -0.3 is 9.30 Å². The molecular formula is C14H16F2N2O. The van der Waals surface area contributed by atoms with E-state index >= 15 is 0 Å². The second-order valence-corrected chi connectivity index (χ2v) is 4.28. The Morgan fingerprint density at radius 3 is 2.84 bits per heavy atom. The van der Waals surface area contributed by atoms with E-state index in [1.165, 1.54) is 12.1 Å². The average molecular weight is 266 g/mol. The number of halogens is 2. The number of imidazole rings is 1. The normalized spacial score (nSPS) is 12.6. The van der Waals surface area contributed by atoms with Crippen molar-refractivity contribution >= 4 is 0 Å². The van der Waals surface area contributed by atoms with Gasteiger partial charge in [-0.15, -0.1) is 0 Å². The molecule has 0 aliphatic carbocycles. The summed E-state index contributed by atoms with van der Waals surface area (Å²) in [6.07, 6.45) is 4.15. The van der Waals surface area contributed by atoms with Gasteiger partial charge in [0.15, 0.2) is 11.6 Å². The first-order valence-electron chi connectivity index (χ1n) is 6.15. The molecule has 0 aliphatic heterocycles. The molecule has 2 aromatic rings. The zero-order valence-corrected chi connectivity index (χ0v) is 10.9. The lowest BCUT2D eigenvalue weighted by atomic mass is 10.1. The molecule has 0 aliphatic rings. The third-order valence-corrected chi connectivity index (χ3v) is 3.08. The number of hydrogen-bond donors (Lipinski definition) is 0. The molecule has 3 nitrogen and oxygen atoms in total. The van der Waals surface area contributed by atoms with Crippen LogP contribution in [0.15, 0.2) is 30.6 Å². The summed E-state index contributed by atoms with van der Waals surface area (Å²) < 4.78 is 34.1. The Morgan fingerprint density at radius 1 is 1.37 bits per heavy atom. The van der Waals surface area contributed by atoms with Crippen molar-refractivity contribution in [2.45, 2.75) is 19.4 Å². The van der Waals surface area contributed by atoms with Crippen molar-refractivity contribution in [3.63, 3.8) is 0 Å². The van der Waals surface area contributed by atoms with E-state index in [1.807, 2.05) is 11.5 Å². The van der Waals surface area contributed by atoms with Gasteiger partial charge in [-0.3, -0.25) is 0 Å². The topological polar surface area (TPSA) is 27.1 Å². The molecule has 0 bridgehead atoms. The monoisotopic (exact) mass is 266 g/mol. The molecular weight excluding hydrogens is 250 g/mol. The van der Waals surface area contributed by atoms with Gasteiger partial charge in [-0.2, -0.15) is 0 Å². The molecule has 0 saturated heterocycles. The lowest BCUT2D eigenvalue weighted by Gasteiger charge is -2.18. The highest BCUT2D eigenvalue weighted by molar-refractivity contribution is 5.56. The van der Waals surface area contributed by atoms with Crippen LogP contribution < -0.4 is 0 Å². The maximum Gasteiger partial charge on any atom is 0.169 e. The molecule has 0 radical (unpaired) electrons. The van der Waals surface area contributed by atoms with Gasteiger partial charge in [0.2, 0.25) is 0 Å². The molecule has 0 saturated carbocycles. The van der Waals surface area contributed by atoms with Crippen molar-refractivity contribution < 1.29 is 13.5 Å². The highest BCUT2D eigenvalue weighted by Crippen LogP contribution is 2.26. The van der Waals surface area contributed by atoms with E-state index in [4.69, 9.17) is 4.74 Å². The number of hydrogen-bond acceptors (Lipinski definition) is 2. The Kier molecular flexibility index (Phi) is 4.27. The average Bonchev–Trinajstić information content (AvgIpc) is 2.88. The summed E-state index contributed by atoms with van der Waals surface area (Å²) in [4.78, 5) is 4.14. The lowest BCUT2D eigenvalue weighted by Crippen LogP contribution is -2.14. The van der Waals surface area contributed by atoms with Crippen LogP contribution >= 0.6 is 0 Å². The van der Waals surface area contributed by atoms with Crippen molar-refractivity contribution in [3.8, 4) is 11.4 Å². The standard InChI is InChI=1S/C14H16F2N2O/c1-3-10(9-19-2)18-8-7-17-14(18)11-5-4-6-12(15)13(11)16/h4-8,10H,3,9H2,1-2H3/t10-/m1/s1. The predicted molar refractivity (Wildman–Crippen MR) is 68.8 cm³/mol. The van der Waals surface area contributed by atoms with Gasteiger partial charge in [0.1, 0.15) is 5.82 Å². The second kappa shape index (κ2) is 5.93. The van der Waals surface area contributed by atoms with Crippen LogP contribution in [0.3, 0.4) is 0 Å². The fourth-order valence-corrected chi connectivity index (χ4v) is 2.08. The zero-order chi connectivity index (χ0) is 13.8.